The molecule has 0 aliphatic heterocycles. The van der Waals surface area contributed by atoms with E-state index in [4.69, 9.17) is 29.9 Å². The monoisotopic (exact) mass is 818 g/mol. The SMILES string of the molecule is c1ccc(-c2ccc(-c3nc(-c4ccccc4)nc(-c4cccc(-c5ccc6c(-c7ccc(-c8nc(-c9ccccc9)nc(-c9ccccc9)n8)cc7)cccc6c5)c4)n3)cc2)cc1. The van der Waals surface area contributed by atoms with Crippen molar-refractivity contribution in [1.29, 1.82) is 0 Å². The van der Waals surface area contributed by atoms with Gasteiger partial charge in [0.25, 0.3) is 0 Å². The molecule has 2 aromatic heterocycles. The molecule has 0 amide bonds. The van der Waals surface area contributed by atoms with Gasteiger partial charge < -0.3 is 0 Å². The lowest BCUT2D eigenvalue weighted by atomic mass is 9.94. The molecule has 0 N–H and O–H groups in total. The Kier molecular flexibility index (Phi) is 10.1. The Labute approximate surface area is 371 Å². The largest absolute Gasteiger partial charge is 0.208 e. The highest BCUT2D eigenvalue weighted by Gasteiger charge is 2.16. The molecule has 0 spiro atoms. The first kappa shape index (κ1) is 38.2. The van der Waals surface area contributed by atoms with Crippen LogP contribution in [-0.4, -0.2) is 29.9 Å². The van der Waals surface area contributed by atoms with Crippen LogP contribution in [0, 0.1) is 0 Å². The smallest absolute Gasteiger partial charge is 0.164 e. The quantitative estimate of drug-likeness (QED) is 0.144. The summed E-state index contributed by atoms with van der Waals surface area (Å²) in [5.74, 6) is 3.79. The van der Waals surface area contributed by atoms with E-state index in [0.29, 0.717) is 34.9 Å². The highest BCUT2D eigenvalue weighted by molar-refractivity contribution is 5.99. The number of rotatable bonds is 9. The van der Waals surface area contributed by atoms with E-state index >= 15 is 0 Å². The number of nitrogens with zero attached hydrogens (tertiary/aromatic N) is 6. The molecule has 6 heteroatoms. The third kappa shape index (κ3) is 7.83. The van der Waals surface area contributed by atoms with Crippen LogP contribution in [0.5, 0.6) is 0 Å². The Hall–Kier alpha value is -8.74. The molecule has 300 valence electrons. The van der Waals surface area contributed by atoms with E-state index in [-0.39, 0.29) is 0 Å². The summed E-state index contributed by atoms with van der Waals surface area (Å²) in [7, 11) is 0. The van der Waals surface area contributed by atoms with Crippen LogP contribution in [0.4, 0.5) is 0 Å². The number of benzene rings is 9. The fourth-order valence-corrected chi connectivity index (χ4v) is 8.08. The van der Waals surface area contributed by atoms with Gasteiger partial charge in [-0.2, -0.15) is 0 Å². The molecule has 0 aliphatic carbocycles. The molecule has 6 nitrogen and oxygen atoms in total. The summed E-state index contributed by atoms with van der Waals surface area (Å²) in [6.45, 7) is 0. The molecule has 9 aromatic carbocycles. The van der Waals surface area contributed by atoms with Gasteiger partial charge in [0.15, 0.2) is 34.9 Å². The van der Waals surface area contributed by atoms with Crippen molar-refractivity contribution in [2.24, 2.45) is 0 Å². The number of fused-ring (bicyclic) bond motifs is 1. The van der Waals surface area contributed by atoms with Gasteiger partial charge in [0.1, 0.15) is 0 Å². The first-order valence-electron chi connectivity index (χ1n) is 21.3. The van der Waals surface area contributed by atoms with Crippen LogP contribution >= 0.6 is 0 Å². The molecule has 0 saturated carbocycles. The van der Waals surface area contributed by atoms with Crippen molar-refractivity contribution in [2.45, 2.75) is 0 Å². The summed E-state index contributed by atoms with van der Waals surface area (Å²) in [6.07, 6.45) is 0. The van der Waals surface area contributed by atoms with Crippen molar-refractivity contribution in [2.75, 3.05) is 0 Å². The lowest BCUT2D eigenvalue weighted by Crippen LogP contribution is -2.00. The van der Waals surface area contributed by atoms with E-state index < -0.39 is 0 Å². The van der Waals surface area contributed by atoms with Crippen molar-refractivity contribution >= 4 is 10.8 Å². The van der Waals surface area contributed by atoms with Gasteiger partial charge in [-0.3, -0.25) is 0 Å². The standard InChI is InChI=1S/C58H38N6/c1-5-15-39(16-6-1)40-27-31-45(32-28-40)57-62-55(44-21-11-4-12-22-44)63-58(64-57)50-25-13-23-47(38-50)48-35-36-52-49(37-48)24-14-26-51(52)41-29-33-46(34-30-41)56-60-53(42-17-7-2-8-18-42)59-54(61-56)43-19-9-3-10-20-43/h1-38H. The number of hydrogen-bond acceptors (Lipinski definition) is 6. The topological polar surface area (TPSA) is 77.3 Å². The molecule has 2 heterocycles. The van der Waals surface area contributed by atoms with Crippen LogP contribution < -0.4 is 0 Å². The molecule has 11 rings (SSSR count). The zero-order valence-corrected chi connectivity index (χ0v) is 34.6. The van der Waals surface area contributed by atoms with Crippen molar-refractivity contribution in [1.82, 2.24) is 29.9 Å². The molecule has 0 bridgehead atoms. The van der Waals surface area contributed by atoms with Gasteiger partial charge >= 0.3 is 0 Å². The summed E-state index contributed by atoms with van der Waals surface area (Å²) in [6, 6.07) is 79.1. The normalized spacial score (nSPS) is 11.1. The van der Waals surface area contributed by atoms with Crippen LogP contribution in [0.2, 0.25) is 0 Å². The van der Waals surface area contributed by atoms with Crippen LogP contribution in [0.3, 0.4) is 0 Å². The fourth-order valence-electron chi connectivity index (χ4n) is 8.08. The first-order chi connectivity index (χ1) is 31.7. The molecule has 0 saturated heterocycles. The summed E-state index contributed by atoms with van der Waals surface area (Å²) in [5.41, 5.74) is 12.3. The van der Waals surface area contributed by atoms with Crippen molar-refractivity contribution in [3.05, 3.63) is 231 Å². The van der Waals surface area contributed by atoms with Gasteiger partial charge in [-0.1, -0.05) is 218 Å². The minimum Gasteiger partial charge on any atom is -0.208 e. The molecular weight excluding hydrogens is 781 g/mol. The molecule has 0 aliphatic rings. The lowest BCUT2D eigenvalue weighted by Gasteiger charge is -2.12. The zero-order valence-electron chi connectivity index (χ0n) is 34.6. The summed E-state index contributed by atoms with van der Waals surface area (Å²) >= 11 is 0. The van der Waals surface area contributed by atoms with E-state index in [1.807, 2.05) is 97.1 Å². The Morgan fingerprint density at radius 2 is 0.500 bits per heavy atom. The molecule has 0 fully saturated rings. The van der Waals surface area contributed by atoms with E-state index in [0.717, 1.165) is 66.6 Å². The molecular formula is C58H38N6. The van der Waals surface area contributed by atoms with E-state index in [1.165, 1.54) is 10.9 Å². The van der Waals surface area contributed by atoms with E-state index in [1.54, 1.807) is 0 Å². The van der Waals surface area contributed by atoms with Gasteiger partial charge in [0, 0.05) is 33.4 Å². The molecule has 11 aromatic rings. The maximum atomic E-state index is 5.06. The van der Waals surface area contributed by atoms with E-state index in [2.05, 4.69) is 133 Å². The average Bonchev–Trinajstić information content (AvgIpc) is 3.39. The Morgan fingerprint density at radius 1 is 0.188 bits per heavy atom. The molecule has 0 atom stereocenters. The second-order valence-electron chi connectivity index (χ2n) is 15.6. The van der Waals surface area contributed by atoms with Gasteiger partial charge in [-0.15, -0.1) is 0 Å². The predicted octanol–water partition coefficient (Wildman–Crippen LogP) is 14.2. The Morgan fingerprint density at radius 3 is 0.984 bits per heavy atom. The van der Waals surface area contributed by atoms with Crippen LogP contribution in [0.15, 0.2) is 231 Å². The van der Waals surface area contributed by atoms with Gasteiger partial charge in [-0.25, -0.2) is 29.9 Å². The van der Waals surface area contributed by atoms with Crippen molar-refractivity contribution < 1.29 is 0 Å². The zero-order chi connectivity index (χ0) is 42.7. The highest BCUT2D eigenvalue weighted by Crippen LogP contribution is 2.35. The minimum absolute atomic E-state index is 0.620. The van der Waals surface area contributed by atoms with Crippen LogP contribution in [0.25, 0.3) is 112 Å². The third-order valence-corrected chi connectivity index (χ3v) is 11.4. The Bertz CT molecular complexity index is 3340. The van der Waals surface area contributed by atoms with Crippen LogP contribution in [-0.2, 0) is 0 Å². The van der Waals surface area contributed by atoms with Gasteiger partial charge in [0.05, 0.1) is 0 Å². The van der Waals surface area contributed by atoms with Crippen LogP contribution in [0.1, 0.15) is 0 Å². The molecule has 0 unspecified atom stereocenters. The minimum atomic E-state index is 0.620. The van der Waals surface area contributed by atoms with Crippen molar-refractivity contribution in [3.63, 3.8) is 0 Å². The predicted molar refractivity (Wildman–Crippen MR) is 260 cm³/mol. The third-order valence-electron chi connectivity index (χ3n) is 11.4. The highest BCUT2D eigenvalue weighted by atomic mass is 15.0. The van der Waals surface area contributed by atoms with Gasteiger partial charge in [0.2, 0.25) is 0 Å². The maximum Gasteiger partial charge on any atom is 0.164 e. The lowest BCUT2D eigenvalue weighted by molar-refractivity contribution is 1.07. The van der Waals surface area contributed by atoms with Crippen molar-refractivity contribution in [3.8, 4) is 102 Å². The van der Waals surface area contributed by atoms with E-state index in [9.17, 15) is 0 Å². The molecule has 0 radical (unpaired) electrons. The maximum absolute atomic E-state index is 5.06. The second-order valence-corrected chi connectivity index (χ2v) is 15.6. The summed E-state index contributed by atoms with van der Waals surface area (Å²) in [5, 5.41) is 2.32. The Balaban J connectivity index is 0.910. The molecule has 64 heavy (non-hydrogen) atoms. The van der Waals surface area contributed by atoms with Gasteiger partial charge in [-0.05, 0) is 56.3 Å². The first-order valence-corrected chi connectivity index (χ1v) is 21.3. The number of hydrogen-bond donors (Lipinski definition) is 0. The average molecular weight is 819 g/mol. The fraction of sp³-hybridized carbons (Fsp3) is 0. The summed E-state index contributed by atoms with van der Waals surface area (Å²) < 4.78 is 0. The summed E-state index contributed by atoms with van der Waals surface area (Å²) in [4.78, 5) is 29.8. The number of aromatic nitrogens is 6. The second kappa shape index (κ2) is 17.0.